The van der Waals surface area contributed by atoms with E-state index in [0.29, 0.717) is 22.4 Å². The van der Waals surface area contributed by atoms with Gasteiger partial charge in [-0.3, -0.25) is 4.79 Å². The zero-order valence-corrected chi connectivity index (χ0v) is 14.7. The van der Waals surface area contributed by atoms with Gasteiger partial charge in [0.1, 0.15) is 0 Å². The molecule has 4 nitrogen and oxygen atoms in total. The lowest BCUT2D eigenvalue weighted by molar-refractivity contribution is -0.117. The normalized spacial score (nSPS) is 21.2. The summed E-state index contributed by atoms with van der Waals surface area (Å²) in [5.74, 6) is 1.50. The van der Waals surface area contributed by atoms with Crippen LogP contribution in [0.1, 0.15) is 38.2 Å². The first-order valence-electron chi connectivity index (χ1n) is 7.95. The van der Waals surface area contributed by atoms with Gasteiger partial charge in [-0.05, 0) is 42.5 Å². The molecule has 126 valence electrons. The second-order valence-electron chi connectivity index (χ2n) is 5.95. The van der Waals surface area contributed by atoms with E-state index in [9.17, 15) is 4.79 Å². The van der Waals surface area contributed by atoms with Crippen molar-refractivity contribution >= 4 is 23.6 Å². The van der Waals surface area contributed by atoms with Crippen LogP contribution in [0.3, 0.4) is 0 Å². The van der Waals surface area contributed by atoms with Gasteiger partial charge in [-0.25, -0.2) is 0 Å². The molecule has 1 amide bonds. The zero-order valence-electron chi connectivity index (χ0n) is 13.9. The second kappa shape index (κ2) is 8.25. The highest BCUT2D eigenvalue weighted by Gasteiger charge is 2.21. The molecular weight excluding hydrogens is 314 g/mol. The van der Waals surface area contributed by atoms with Crippen molar-refractivity contribution < 1.29 is 14.3 Å². The smallest absolute Gasteiger partial charge is 0.244 e. The second-order valence-corrected chi connectivity index (χ2v) is 6.36. The Kier molecular flexibility index (Phi) is 6.34. The molecule has 0 radical (unpaired) electrons. The SMILES string of the molecule is COc1cc(/C=C/C(=O)N[C@H]2CCCC[C@@H]2C)cc(Cl)c1OC. The van der Waals surface area contributed by atoms with Crippen molar-refractivity contribution in [3.8, 4) is 11.5 Å². The molecule has 1 aromatic carbocycles. The lowest BCUT2D eigenvalue weighted by atomic mass is 9.86. The quantitative estimate of drug-likeness (QED) is 0.824. The monoisotopic (exact) mass is 337 g/mol. The van der Waals surface area contributed by atoms with Gasteiger partial charge in [-0.15, -0.1) is 0 Å². The molecule has 1 N–H and O–H groups in total. The predicted molar refractivity (Wildman–Crippen MR) is 93.2 cm³/mol. The minimum Gasteiger partial charge on any atom is -0.493 e. The van der Waals surface area contributed by atoms with Crippen LogP contribution in [-0.2, 0) is 4.79 Å². The third kappa shape index (κ3) is 4.64. The number of hydrogen-bond donors (Lipinski definition) is 1. The van der Waals surface area contributed by atoms with E-state index in [2.05, 4.69) is 12.2 Å². The maximum atomic E-state index is 12.1. The molecular formula is C18H24ClNO3. The van der Waals surface area contributed by atoms with Gasteiger partial charge in [0.15, 0.2) is 11.5 Å². The largest absolute Gasteiger partial charge is 0.493 e. The topological polar surface area (TPSA) is 47.6 Å². The molecule has 1 aromatic rings. The molecule has 0 saturated heterocycles. The van der Waals surface area contributed by atoms with Crippen LogP contribution in [-0.4, -0.2) is 26.2 Å². The van der Waals surface area contributed by atoms with Crippen molar-refractivity contribution in [1.29, 1.82) is 0 Å². The Labute approximate surface area is 142 Å². The van der Waals surface area contributed by atoms with Crippen LogP contribution in [0, 0.1) is 5.92 Å². The molecule has 23 heavy (non-hydrogen) atoms. The summed E-state index contributed by atoms with van der Waals surface area (Å²) in [6.45, 7) is 2.20. The molecule has 2 rings (SSSR count). The summed E-state index contributed by atoms with van der Waals surface area (Å²) in [5.41, 5.74) is 0.791. The van der Waals surface area contributed by atoms with E-state index < -0.39 is 0 Å². The Morgan fingerprint density at radius 2 is 2.00 bits per heavy atom. The molecule has 5 heteroatoms. The highest BCUT2D eigenvalue weighted by molar-refractivity contribution is 6.32. The number of ether oxygens (including phenoxy) is 2. The minimum absolute atomic E-state index is 0.0744. The number of amides is 1. The first-order chi connectivity index (χ1) is 11.0. The molecule has 0 unspecified atom stereocenters. The number of carbonyl (C=O) groups excluding carboxylic acids is 1. The molecule has 1 fully saturated rings. The summed E-state index contributed by atoms with van der Waals surface area (Å²) < 4.78 is 10.5. The van der Waals surface area contributed by atoms with Crippen molar-refractivity contribution in [3.63, 3.8) is 0 Å². The van der Waals surface area contributed by atoms with Crippen LogP contribution in [0.5, 0.6) is 11.5 Å². The van der Waals surface area contributed by atoms with E-state index in [4.69, 9.17) is 21.1 Å². The number of methoxy groups -OCH3 is 2. The molecule has 0 heterocycles. The third-order valence-electron chi connectivity index (χ3n) is 4.32. The van der Waals surface area contributed by atoms with E-state index in [-0.39, 0.29) is 11.9 Å². The van der Waals surface area contributed by atoms with Gasteiger partial charge < -0.3 is 14.8 Å². The van der Waals surface area contributed by atoms with E-state index in [1.54, 1.807) is 31.4 Å². The summed E-state index contributed by atoms with van der Waals surface area (Å²) >= 11 is 6.16. The first kappa shape index (κ1) is 17.7. The lowest BCUT2D eigenvalue weighted by Gasteiger charge is -2.29. The van der Waals surface area contributed by atoms with Crippen molar-refractivity contribution in [2.45, 2.75) is 38.6 Å². The van der Waals surface area contributed by atoms with Gasteiger partial charge in [0, 0.05) is 12.1 Å². The fourth-order valence-corrected chi connectivity index (χ4v) is 3.26. The maximum Gasteiger partial charge on any atom is 0.244 e. The van der Waals surface area contributed by atoms with E-state index in [0.717, 1.165) is 12.0 Å². The van der Waals surface area contributed by atoms with Gasteiger partial charge in [0.25, 0.3) is 0 Å². The summed E-state index contributed by atoms with van der Waals surface area (Å²) in [4.78, 5) is 12.1. The first-order valence-corrected chi connectivity index (χ1v) is 8.33. The number of benzene rings is 1. The van der Waals surface area contributed by atoms with Crippen molar-refractivity contribution in [2.24, 2.45) is 5.92 Å². The summed E-state index contributed by atoms with van der Waals surface area (Å²) in [7, 11) is 3.09. The van der Waals surface area contributed by atoms with Crippen LogP contribution in [0.2, 0.25) is 5.02 Å². The van der Waals surface area contributed by atoms with E-state index in [1.165, 1.54) is 26.4 Å². The Hall–Kier alpha value is -1.68. The standard InChI is InChI=1S/C18H24ClNO3/c1-12-6-4-5-7-15(12)20-17(21)9-8-13-10-14(19)18(23-3)16(11-13)22-2/h8-12,15H,4-7H2,1-3H3,(H,20,21)/b9-8+/t12-,15-/m0/s1. The summed E-state index contributed by atoms with van der Waals surface area (Å²) in [5, 5.41) is 3.54. The number of rotatable bonds is 5. The zero-order chi connectivity index (χ0) is 16.8. The molecule has 1 saturated carbocycles. The molecule has 0 bridgehead atoms. The van der Waals surface area contributed by atoms with Crippen LogP contribution in [0.15, 0.2) is 18.2 Å². The number of halogens is 1. The van der Waals surface area contributed by atoms with Crippen molar-refractivity contribution in [1.82, 2.24) is 5.32 Å². The highest BCUT2D eigenvalue weighted by Crippen LogP contribution is 2.36. The molecule has 2 atom stereocenters. The Balaban J connectivity index is 2.04. The van der Waals surface area contributed by atoms with Gasteiger partial charge in [0.2, 0.25) is 5.91 Å². The maximum absolute atomic E-state index is 12.1. The highest BCUT2D eigenvalue weighted by atomic mass is 35.5. The molecule has 1 aliphatic rings. The summed E-state index contributed by atoms with van der Waals surface area (Å²) in [6.07, 6.45) is 7.95. The molecule has 1 aliphatic carbocycles. The summed E-state index contributed by atoms with van der Waals surface area (Å²) in [6, 6.07) is 3.81. The Morgan fingerprint density at radius 1 is 1.26 bits per heavy atom. The predicted octanol–water partition coefficient (Wildman–Crippen LogP) is 4.07. The van der Waals surface area contributed by atoms with Crippen molar-refractivity contribution in [3.05, 3.63) is 28.8 Å². The van der Waals surface area contributed by atoms with E-state index in [1.807, 2.05) is 0 Å². The van der Waals surface area contributed by atoms with Crippen molar-refractivity contribution in [2.75, 3.05) is 14.2 Å². The Bertz CT molecular complexity index is 586. The average Bonchev–Trinajstić information content (AvgIpc) is 2.54. The van der Waals surface area contributed by atoms with Gasteiger partial charge in [0.05, 0.1) is 19.2 Å². The molecule has 0 aliphatic heterocycles. The van der Waals surface area contributed by atoms with Crippen LogP contribution >= 0.6 is 11.6 Å². The lowest BCUT2D eigenvalue weighted by Crippen LogP contribution is -2.40. The van der Waals surface area contributed by atoms with Gasteiger partial charge in [-0.2, -0.15) is 0 Å². The molecule has 0 aromatic heterocycles. The number of carbonyl (C=O) groups is 1. The van der Waals surface area contributed by atoms with Gasteiger partial charge >= 0.3 is 0 Å². The fourth-order valence-electron chi connectivity index (χ4n) is 2.97. The van der Waals surface area contributed by atoms with Crippen LogP contribution < -0.4 is 14.8 Å². The van der Waals surface area contributed by atoms with Crippen LogP contribution in [0.25, 0.3) is 6.08 Å². The molecule has 0 spiro atoms. The van der Waals surface area contributed by atoms with Gasteiger partial charge in [-0.1, -0.05) is 31.4 Å². The third-order valence-corrected chi connectivity index (χ3v) is 4.60. The number of hydrogen-bond acceptors (Lipinski definition) is 3. The fraction of sp³-hybridized carbons (Fsp3) is 0.500. The van der Waals surface area contributed by atoms with Crippen LogP contribution in [0.4, 0.5) is 0 Å². The minimum atomic E-state index is -0.0744. The average molecular weight is 338 g/mol. The number of nitrogens with one attached hydrogen (secondary N) is 1. The van der Waals surface area contributed by atoms with E-state index >= 15 is 0 Å². The Morgan fingerprint density at radius 3 is 2.65 bits per heavy atom.